The number of thiophene rings is 1. The minimum atomic E-state index is -0.539. The summed E-state index contributed by atoms with van der Waals surface area (Å²) in [5, 5.41) is 31.4. The highest BCUT2D eigenvalue weighted by molar-refractivity contribution is 7.12. The lowest BCUT2D eigenvalue weighted by molar-refractivity contribution is -0.384. The Labute approximate surface area is 118 Å². The molecule has 2 aromatic rings. The number of anilines is 1. The normalized spacial score (nSPS) is 9.50. The van der Waals surface area contributed by atoms with Gasteiger partial charge < -0.3 is 5.32 Å². The van der Waals surface area contributed by atoms with Crippen LogP contribution >= 0.6 is 11.3 Å². The van der Waals surface area contributed by atoms with Crippen LogP contribution in [0.15, 0.2) is 30.3 Å². The first-order chi connectivity index (χ1) is 9.63. The average Bonchev–Trinajstić information content (AvgIpc) is 2.92. The minimum absolute atomic E-state index is 0.116. The minimum Gasteiger partial charge on any atom is -0.379 e. The molecule has 0 aliphatic carbocycles. The monoisotopic (exact) mass is 284 g/mol. The number of nitrogens with zero attached hydrogens (tertiary/aromatic N) is 3. The van der Waals surface area contributed by atoms with Gasteiger partial charge in [0.25, 0.3) is 5.69 Å². The summed E-state index contributed by atoms with van der Waals surface area (Å²) in [5.74, 6) is 0. The first kappa shape index (κ1) is 13.5. The van der Waals surface area contributed by atoms with Gasteiger partial charge in [0.1, 0.15) is 17.0 Å². The molecule has 1 aromatic carbocycles. The maximum absolute atomic E-state index is 10.6. The van der Waals surface area contributed by atoms with Crippen molar-refractivity contribution in [2.45, 2.75) is 6.54 Å². The van der Waals surface area contributed by atoms with Crippen LogP contribution in [0, 0.1) is 32.8 Å². The number of nitriles is 2. The highest BCUT2D eigenvalue weighted by Gasteiger charge is 2.10. The fourth-order valence-corrected chi connectivity index (χ4v) is 2.35. The third kappa shape index (κ3) is 2.91. The molecular formula is C13H8N4O2S. The van der Waals surface area contributed by atoms with Crippen molar-refractivity contribution in [1.82, 2.24) is 0 Å². The van der Waals surface area contributed by atoms with Gasteiger partial charge in [-0.1, -0.05) is 0 Å². The number of nitro groups is 1. The van der Waals surface area contributed by atoms with Crippen molar-refractivity contribution in [3.05, 3.63) is 55.8 Å². The smallest absolute Gasteiger partial charge is 0.270 e. The molecular weight excluding hydrogens is 276 g/mol. The van der Waals surface area contributed by atoms with Crippen molar-refractivity contribution in [1.29, 1.82) is 10.5 Å². The highest BCUT2D eigenvalue weighted by atomic mass is 32.1. The van der Waals surface area contributed by atoms with E-state index in [0.717, 1.165) is 4.88 Å². The number of nitrogens with one attached hydrogen (secondary N) is 1. The van der Waals surface area contributed by atoms with E-state index in [1.54, 1.807) is 6.07 Å². The summed E-state index contributed by atoms with van der Waals surface area (Å²) in [7, 11) is 0. The standard InChI is InChI=1S/C13H8N4O2S/c14-6-9-5-10(17(18)19)1-4-13(9)16-8-12-3-2-11(7-15)20-12/h1-5,16H,8H2. The summed E-state index contributed by atoms with van der Waals surface area (Å²) < 4.78 is 0. The molecule has 0 bridgehead atoms. The van der Waals surface area contributed by atoms with Gasteiger partial charge in [-0.3, -0.25) is 10.1 Å². The van der Waals surface area contributed by atoms with Crippen molar-refractivity contribution in [3.63, 3.8) is 0 Å². The van der Waals surface area contributed by atoms with Gasteiger partial charge in [-0.15, -0.1) is 11.3 Å². The van der Waals surface area contributed by atoms with Crippen LogP contribution in [-0.4, -0.2) is 4.92 Å². The summed E-state index contributed by atoms with van der Waals surface area (Å²) in [6.07, 6.45) is 0. The van der Waals surface area contributed by atoms with Crippen molar-refractivity contribution < 1.29 is 4.92 Å². The molecule has 0 radical (unpaired) electrons. The predicted octanol–water partition coefficient (Wildman–Crippen LogP) is 3.01. The summed E-state index contributed by atoms with van der Waals surface area (Å²) in [4.78, 5) is 11.7. The lowest BCUT2D eigenvalue weighted by Gasteiger charge is -2.06. The largest absolute Gasteiger partial charge is 0.379 e. The van der Waals surface area contributed by atoms with Crippen LogP contribution in [0.1, 0.15) is 15.3 Å². The van der Waals surface area contributed by atoms with Crippen LogP contribution in [0.4, 0.5) is 11.4 Å². The second kappa shape index (κ2) is 5.83. The van der Waals surface area contributed by atoms with E-state index in [0.29, 0.717) is 17.1 Å². The SMILES string of the molecule is N#Cc1ccc(CNc2ccc([N+](=O)[O-])cc2C#N)s1. The van der Waals surface area contributed by atoms with Crippen molar-refractivity contribution >= 4 is 22.7 Å². The molecule has 0 saturated carbocycles. The molecule has 98 valence electrons. The third-order valence-electron chi connectivity index (χ3n) is 2.56. The molecule has 0 spiro atoms. The van der Waals surface area contributed by atoms with Crippen LogP contribution in [0.3, 0.4) is 0 Å². The summed E-state index contributed by atoms with van der Waals surface area (Å²) in [5.41, 5.74) is 0.635. The Morgan fingerprint density at radius 2 is 2.05 bits per heavy atom. The van der Waals surface area contributed by atoms with Gasteiger partial charge in [0.15, 0.2) is 0 Å². The zero-order valence-electron chi connectivity index (χ0n) is 10.2. The second-order valence-corrected chi connectivity index (χ2v) is 5.00. The van der Waals surface area contributed by atoms with Gasteiger partial charge in [-0.25, -0.2) is 0 Å². The van der Waals surface area contributed by atoms with Crippen molar-refractivity contribution in [2.75, 3.05) is 5.32 Å². The Balaban J connectivity index is 2.15. The molecule has 0 unspecified atom stereocenters. The van der Waals surface area contributed by atoms with Crippen LogP contribution < -0.4 is 5.32 Å². The molecule has 2 rings (SSSR count). The molecule has 0 fully saturated rings. The van der Waals surface area contributed by atoms with Crippen LogP contribution in [0.2, 0.25) is 0 Å². The molecule has 1 N–H and O–H groups in total. The van der Waals surface area contributed by atoms with Gasteiger partial charge in [0.05, 0.1) is 16.2 Å². The first-order valence-electron chi connectivity index (χ1n) is 5.55. The zero-order chi connectivity index (χ0) is 14.5. The van der Waals surface area contributed by atoms with E-state index in [1.165, 1.54) is 29.5 Å². The Morgan fingerprint density at radius 3 is 2.65 bits per heavy atom. The molecule has 1 heterocycles. The predicted molar refractivity (Wildman–Crippen MR) is 74.2 cm³/mol. The van der Waals surface area contributed by atoms with E-state index in [1.807, 2.05) is 12.1 Å². The molecule has 0 atom stereocenters. The second-order valence-electron chi connectivity index (χ2n) is 3.83. The third-order valence-corrected chi connectivity index (χ3v) is 3.55. The number of hydrogen-bond donors (Lipinski definition) is 1. The molecule has 0 aliphatic heterocycles. The Bertz CT molecular complexity index is 740. The van der Waals surface area contributed by atoms with Gasteiger partial charge >= 0.3 is 0 Å². The van der Waals surface area contributed by atoms with Crippen LogP contribution in [-0.2, 0) is 6.54 Å². The first-order valence-corrected chi connectivity index (χ1v) is 6.37. The maximum Gasteiger partial charge on any atom is 0.270 e. The molecule has 7 heteroatoms. The number of benzene rings is 1. The fourth-order valence-electron chi connectivity index (χ4n) is 1.61. The lowest BCUT2D eigenvalue weighted by atomic mass is 10.1. The number of nitro benzene ring substituents is 1. The van der Waals surface area contributed by atoms with Crippen molar-refractivity contribution in [2.24, 2.45) is 0 Å². The molecule has 20 heavy (non-hydrogen) atoms. The maximum atomic E-state index is 10.6. The van der Waals surface area contributed by atoms with E-state index in [-0.39, 0.29) is 11.3 Å². The quantitative estimate of drug-likeness (QED) is 0.686. The molecule has 0 saturated heterocycles. The van der Waals surface area contributed by atoms with E-state index >= 15 is 0 Å². The summed E-state index contributed by atoms with van der Waals surface area (Å²) >= 11 is 1.36. The Morgan fingerprint density at radius 1 is 1.25 bits per heavy atom. The number of rotatable bonds is 4. The zero-order valence-corrected chi connectivity index (χ0v) is 11.0. The molecule has 0 aliphatic rings. The summed E-state index contributed by atoms with van der Waals surface area (Å²) in [6, 6.07) is 11.6. The Hall–Kier alpha value is -2.90. The van der Waals surface area contributed by atoms with E-state index in [2.05, 4.69) is 11.4 Å². The van der Waals surface area contributed by atoms with E-state index < -0.39 is 4.92 Å². The van der Waals surface area contributed by atoms with Crippen LogP contribution in [0.25, 0.3) is 0 Å². The average molecular weight is 284 g/mol. The van der Waals surface area contributed by atoms with E-state index in [4.69, 9.17) is 10.5 Å². The van der Waals surface area contributed by atoms with E-state index in [9.17, 15) is 10.1 Å². The summed E-state index contributed by atoms with van der Waals surface area (Å²) in [6.45, 7) is 0.457. The fraction of sp³-hybridized carbons (Fsp3) is 0.0769. The topological polar surface area (TPSA) is 103 Å². The Kier molecular flexibility index (Phi) is 3.94. The number of hydrogen-bond acceptors (Lipinski definition) is 6. The van der Waals surface area contributed by atoms with Gasteiger partial charge in [0.2, 0.25) is 0 Å². The van der Waals surface area contributed by atoms with Crippen molar-refractivity contribution in [3.8, 4) is 12.1 Å². The van der Waals surface area contributed by atoms with Gasteiger partial charge in [-0.05, 0) is 18.2 Å². The van der Waals surface area contributed by atoms with Gasteiger partial charge in [0, 0.05) is 23.6 Å². The highest BCUT2D eigenvalue weighted by Crippen LogP contribution is 2.23. The van der Waals surface area contributed by atoms with Gasteiger partial charge in [-0.2, -0.15) is 10.5 Å². The van der Waals surface area contributed by atoms with Crippen LogP contribution in [0.5, 0.6) is 0 Å². The number of non-ortho nitro benzene ring substituents is 1. The lowest BCUT2D eigenvalue weighted by Crippen LogP contribution is -2.00. The molecule has 0 amide bonds. The molecule has 6 nitrogen and oxygen atoms in total. The molecule has 1 aromatic heterocycles.